The molecule has 0 N–H and O–H groups in total. The van der Waals surface area contributed by atoms with Crippen molar-refractivity contribution < 1.29 is 0 Å². The van der Waals surface area contributed by atoms with E-state index in [-0.39, 0.29) is 0 Å². The van der Waals surface area contributed by atoms with Gasteiger partial charge in [0.25, 0.3) is 0 Å². The fourth-order valence-corrected chi connectivity index (χ4v) is 5.85. The summed E-state index contributed by atoms with van der Waals surface area (Å²) in [7, 11) is 0. The number of fused-ring (bicyclic) bond motifs is 2. The van der Waals surface area contributed by atoms with Crippen LogP contribution in [0, 0.1) is 67.2 Å². The molecule has 0 aliphatic heterocycles. The van der Waals surface area contributed by atoms with Crippen molar-refractivity contribution in [3.63, 3.8) is 0 Å². The average molecular weight is 405 g/mol. The molecule has 2 aromatic carbocycles. The van der Waals surface area contributed by atoms with E-state index in [9.17, 15) is 0 Å². The summed E-state index contributed by atoms with van der Waals surface area (Å²) in [5.74, 6) is 1.75. The maximum atomic E-state index is 2.38. The van der Waals surface area contributed by atoms with E-state index in [1.165, 1.54) is 60.8 Å². The third kappa shape index (κ3) is 4.12. The lowest BCUT2D eigenvalue weighted by molar-refractivity contribution is 0.497. The Morgan fingerprint density at radius 2 is 0.667 bits per heavy atom. The molecule has 164 valence electrons. The number of hydrogen-bond donors (Lipinski definition) is 0. The second-order valence-electron chi connectivity index (χ2n) is 10.6. The van der Waals surface area contributed by atoms with Gasteiger partial charge in [-0.25, -0.2) is 0 Å². The van der Waals surface area contributed by atoms with E-state index in [1.807, 2.05) is 0 Å². The highest BCUT2D eigenvalue weighted by molar-refractivity contribution is 5.52. The van der Waals surface area contributed by atoms with Gasteiger partial charge in [-0.05, 0) is 173 Å². The smallest absolute Gasteiger partial charge is 0.0247 e. The SMILES string of the molecule is Cc1c(C)c(C)c2c(c1C)CCC(C)C2.Cc1c(C)c(C)c2c(c1C)CCC(C)C2. The van der Waals surface area contributed by atoms with E-state index in [0.29, 0.717) is 0 Å². The second-order valence-corrected chi connectivity index (χ2v) is 10.6. The molecular weight excluding hydrogens is 360 g/mol. The largest absolute Gasteiger partial charge is 0.0622 e. The first-order valence-electron chi connectivity index (χ1n) is 12.2. The molecule has 4 rings (SSSR count). The van der Waals surface area contributed by atoms with Gasteiger partial charge in [-0.2, -0.15) is 0 Å². The Kier molecular flexibility index (Phi) is 6.85. The first-order valence-corrected chi connectivity index (χ1v) is 12.2. The predicted molar refractivity (Wildman–Crippen MR) is 133 cm³/mol. The monoisotopic (exact) mass is 404 g/mol. The molecule has 0 aromatic heterocycles. The summed E-state index contributed by atoms with van der Waals surface area (Å²) in [4.78, 5) is 0. The summed E-state index contributed by atoms with van der Waals surface area (Å²) in [6, 6.07) is 0. The molecule has 2 aromatic rings. The van der Waals surface area contributed by atoms with Crippen LogP contribution in [0.2, 0.25) is 0 Å². The molecule has 0 heterocycles. The third-order valence-electron chi connectivity index (χ3n) is 8.79. The van der Waals surface area contributed by atoms with Crippen molar-refractivity contribution in [2.24, 2.45) is 11.8 Å². The molecule has 2 aliphatic carbocycles. The van der Waals surface area contributed by atoms with Crippen molar-refractivity contribution in [1.82, 2.24) is 0 Å². The average Bonchev–Trinajstić information content (AvgIpc) is 2.73. The molecule has 0 saturated heterocycles. The molecule has 0 heteroatoms. The minimum atomic E-state index is 0.873. The number of rotatable bonds is 0. The van der Waals surface area contributed by atoms with Crippen molar-refractivity contribution in [1.29, 1.82) is 0 Å². The van der Waals surface area contributed by atoms with E-state index in [4.69, 9.17) is 0 Å². The van der Waals surface area contributed by atoms with Crippen molar-refractivity contribution >= 4 is 0 Å². The molecule has 2 unspecified atom stereocenters. The highest BCUT2D eigenvalue weighted by atomic mass is 14.3. The van der Waals surface area contributed by atoms with Crippen LogP contribution < -0.4 is 0 Å². The fourth-order valence-electron chi connectivity index (χ4n) is 5.85. The molecule has 0 saturated carbocycles. The first kappa shape index (κ1) is 23.1. The van der Waals surface area contributed by atoms with E-state index in [0.717, 1.165) is 11.8 Å². The summed E-state index contributed by atoms with van der Waals surface area (Å²) < 4.78 is 0. The van der Waals surface area contributed by atoms with Gasteiger partial charge in [0.05, 0.1) is 0 Å². The lowest BCUT2D eigenvalue weighted by Crippen LogP contribution is -2.16. The molecule has 30 heavy (non-hydrogen) atoms. The quantitative estimate of drug-likeness (QED) is 0.416. The van der Waals surface area contributed by atoms with Crippen LogP contribution in [0.25, 0.3) is 0 Å². The zero-order valence-corrected chi connectivity index (χ0v) is 21.4. The van der Waals surface area contributed by atoms with Crippen LogP contribution >= 0.6 is 0 Å². The van der Waals surface area contributed by atoms with Crippen molar-refractivity contribution in [3.05, 3.63) is 66.8 Å². The van der Waals surface area contributed by atoms with Gasteiger partial charge >= 0.3 is 0 Å². The maximum absolute atomic E-state index is 2.38. The van der Waals surface area contributed by atoms with Crippen molar-refractivity contribution in [2.45, 2.75) is 108 Å². The highest BCUT2D eigenvalue weighted by Gasteiger charge is 2.22. The minimum absolute atomic E-state index is 0.873. The molecule has 0 spiro atoms. The molecule has 2 atom stereocenters. The van der Waals surface area contributed by atoms with Crippen molar-refractivity contribution in [3.8, 4) is 0 Å². The molecule has 0 radical (unpaired) electrons. The van der Waals surface area contributed by atoms with Gasteiger partial charge in [-0.1, -0.05) is 13.8 Å². The van der Waals surface area contributed by atoms with Gasteiger partial charge in [0, 0.05) is 0 Å². The van der Waals surface area contributed by atoms with Crippen LogP contribution in [0.4, 0.5) is 0 Å². The van der Waals surface area contributed by atoms with Gasteiger partial charge in [0.2, 0.25) is 0 Å². The van der Waals surface area contributed by atoms with Crippen LogP contribution in [0.5, 0.6) is 0 Å². The summed E-state index contributed by atoms with van der Waals surface area (Å²) >= 11 is 0. The Morgan fingerprint density at radius 1 is 0.400 bits per heavy atom. The van der Waals surface area contributed by atoms with Gasteiger partial charge in [0.1, 0.15) is 0 Å². The maximum Gasteiger partial charge on any atom is -0.0247 e. The highest BCUT2D eigenvalue weighted by Crippen LogP contribution is 2.35. The molecule has 0 fully saturated rings. The van der Waals surface area contributed by atoms with E-state index >= 15 is 0 Å². The van der Waals surface area contributed by atoms with E-state index in [1.54, 1.807) is 44.5 Å². The standard InChI is InChI=1S/2C15H22/c2*1-9-6-7-14-12(4)10(2)11(3)13(5)15(14)8-9/h2*9H,6-8H2,1-5H3. The van der Waals surface area contributed by atoms with Gasteiger partial charge in [-0.15, -0.1) is 0 Å². The normalized spacial score (nSPS) is 20.2. The first-order chi connectivity index (χ1) is 14.0. The fraction of sp³-hybridized carbons (Fsp3) is 0.600. The molecule has 0 bridgehead atoms. The van der Waals surface area contributed by atoms with Crippen LogP contribution in [0.15, 0.2) is 0 Å². The second kappa shape index (κ2) is 8.89. The molecule has 0 amide bonds. The van der Waals surface area contributed by atoms with Gasteiger partial charge < -0.3 is 0 Å². The Morgan fingerprint density at radius 3 is 0.967 bits per heavy atom. The van der Waals surface area contributed by atoms with Gasteiger partial charge in [-0.3, -0.25) is 0 Å². The lowest BCUT2D eigenvalue weighted by atomic mass is 9.78. The third-order valence-corrected chi connectivity index (χ3v) is 8.79. The lowest BCUT2D eigenvalue weighted by Gasteiger charge is -2.27. The van der Waals surface area contributed by atoms with Crippen LogP contribution in [-0.2, 0) is 25.7 Å². The number of hydrogen-bond acceptors (Lipinski definition) is 0. The predicted octanol–water partition coefficient (Wildman–Crippen LogP) is 8.09. The topological polar surface area (TPSA) is 0 Å². The summed E-state index contributed by atoms with van der Waals surface area (Å²) in [6.07, 6.45) is 7.92. The van der Waals surface area contributed by atoms with Crippen LogP contribution in [0.3, 0.4) is 0 Å². The van der Waals surface area contributed by atoms with E-state index in [2.05, 4.69) is 69.2 Å². The van der Waals surface area contributed by atoms with Crippen LogP contribution in [-0.4, -0.2) is 0 Å². The molecule has 0 nitrogen and oxygen atoms in total. The zero-order chi connectivity index (χ0) is 22.3. The summed E-state index contributed by atoms with van der Waals surface area (Å²) in [5.41, 5.74) is 18.9. The molecule has 2 aliphatic rings. The number of benzene rings is 2. The summed E-state index contributed by atoms with van der Waals surface area (Å²) in [5, 5.41) is 0. The Labute approximate surface area is 186 Å². The minimum Gasteiger partial charge on any atom is -0.0622 e. The van der Waals surface area contributed by atoms with Crippen molar-refractivity contribution in [2.75, 3.05) is 0 Å². The Hall–Kier alpha value is -1.56. The Balaban J connectivity index is 0.000000171. The van der Waals surface area contributed by atoms with Crippen LogP contribution in [0.1, 0.15) is 93.5 Å². The zero-order valence-electron chi connectivity index (χ0n) is 21.4. The van der Waals surface area contributed by atoms with E-state index < -0.39 is 0 Å². The molecular formula is C30H44. The Bertz CT molecular complexity index is 878. The van der Waals surface area contributed by atoms with Gasteiger partial charge in [0.15, 0.2) is 0 Å². The summed E-state index contributed by atoms with van der Waals surface area (Å²) in [6.45, 7) is 23.1.